The van der Waals surface area contributed by atoms with Crippen molar-refractivity contribution in [3.8, 4) is 5.75 Å². The van der Waals surface area contributed by atoms with Gasteiger partial charge in [0.05, 0.1) is 23.2 Å². The number of carbonyl (C=O) groups is 1. The third-order valence-corrected chi connectivity index (χ3v) is 6.06. The van der Waals surface area contributed by atoms with E-state index in [0.717, 1.165) is 28.9 Å². The molecule has 0 bridgehead atoms. The quantitative estimate of drug-likeness (QED) is 0.680. The van der Waals surface area contributed by atoms with Gasteiger partial charge in [0.25, 0.3) is 5.91 Å². The molecule has 7 heteroatoms. The zero-order valence-electron chi connectivity index (χ0n) is 16.3. The average molecular weight is 402 g/mol. The molecule has 1 aliphatic rings. The molecule has 0 radical (unpaired) electrons. The predicted octanol–water partition coefficient (Wildman–Crippen LogP) is 4.85. The highest BCUT2D eigenvalue weighted by Gasteiger charge is 2.24. The Morgan fingerprint density at radius 3 is 3.04 bits per heavy atom. The van der Waals surface area contributed by atoms with Crippen molar-refractivity contribution in [2.45, 2.75) is 46.2 Å². The lowest BCUT2D eigenvalue weighted by molar-refractivity contribution is 0.0939. The first-order valence-electron chi connectivity index (χ1n) is 9.62. The number of benzene rings is 1. The molecule has 1 N–H and O–H groups in total. The Hall–Kier alpha value is -2.41. The second-order valence-electron chi connectivity index (χ2n) is 7.69. The summed E-state index contributed by atoms with van der Waals surface area (Å²) >= 11 is 1.46. The number of aryl methyl sites for hydroxylation is 1. The monoisotopic (exact) mass is 401 g/mol. The van der Waals surface area contributed by atoms with Crippen LogP contribution < -0.4 is 10.1 Å². The number of nitrogens with zero attached hydrogens (tertiary/aromatic N) is 2. The van der Waals surface area contributed by atoms with Crippen molar-refractivity contribution in [1.82, 2.24) is 15.1 Å². The van der Waals surface area contributed by atoms with Crippen LogP contribution in [0.2, 0.25) is 0 Å². The number of amides is 1. The summed E-state index contributed by atoms with van der Waals surface area (Å²) in [6.45, 7) is 7.65. The molecule has 28 heavy (non-hydrogen) atoms. The molecule has 0 spiro atoms. The van der Waals surface area contributed by atoms with Gasteiger partial charge in [0.1, 0.15) is 16.4 Å². The Morgan fingerprint density at radius 1 is 1.43 bits per heavy atom. The first kappa shape index (κ1) is 18.9. The van der Waals surface area contributed by atoms with Crippen LogP contribution in [0.15, 0.2) is 24.3 Å². The summed E-state index contributed by atoms with van der Waals surface area (Å²) in [4.78, 5) is 14.6. The molecule has 0 saturated heterocycles. The fraction of sp³-hybridized carbons (Fsp3) is 0.429. The molecule has 0 saturated carbocycles. The minimum Gasteiger partial charge on any atom is -0.493 e. The molecule has 3 heterocycles. The standard InChI is InChI=1S/C21H24FN3O2S/c1-12(2)11-25-21-15(13(3)24-25)10-19(28-21)20(26)23-17-5-4-8-27-18-7-6-14(22)9-16(17)18/h6-7,9-10,12,17H,4-5,8,11H2,1-3H3,(H,23,26)/t17-/m0/s1. The molecule has 1 aromatic carbocycles. The lowest BCUT2D eigenvalue weighted by Crippen LogP contribution is -2.27. The lowest BCUT2D eigenvalue weighted by Gasteiger charge is -2.18. The van der Waals surface area contributed by atoms with Crippen molar-refractivity contribution < 1.29 is 13.9 Å². The number of hydrogen-bond acceptors (Lipinski definition) is 4. The Bertz CT molecular complexity index is 1020. The van der Waals surface area contributed by atoms with Crippen molar-refractivity contribution in [2.24, 2.45) is 5.92 Å². The van der Waals surface area contributed by atoms with Crippen LogP contribution in [0.3, 0.4) is 0 Å². The summed E-state index contributed by atoms with van der Waals surface area (Å²) < 4.78 is 21.5. The molecule has 148 valence electrons. The van der Waals surface area contributed by atoms with E-state index in [0.29, 0.717) is 35.1 Å². The second-order valence-corrected chi connectivity index (χ2v) is 8.72. The van der Waals surface area contributed by atoms with Gasteiger partial charge in [0.15, 0.2) is 0 Å². The van der Waals surface area contributed by atoms with Gasteiger partial charge in [-0.15, -0.1) is 11.3 Å². The van der Waals surface area contributed by atoms with Gasteiger partial charge in [-0.2, -0.15) is 5.10 Å². The van der Waals surface area contributed by atoms with Crippen LogP contribution in [0.1, 0.15) is 53.7 Å². The zero-order valence-corrected chi connectivity index (χ0v) is 17.1. The van der Waals surface area contributed by atoms with Gasteiger partial charge in [0.2, 0.25) is 0 Å². The number of carbonyl (C=O) groups excluding carboxylic acids is 1. The van der Waals surface area contributed by atoms with Gasteiger partial charge in [-0.3, -0.25) is 9.48 Å². The van der Waals surface area contributed by atoms with Gasteiger partial charge in [0, 0.05) is 17.5 Å². The predicted molar refractivity (Wildman–Crippen MR) is 109 cm³/mol. The van der Waals surface area contributed by atoms with Gasteiger partial charge in [-0.1, -0.05) is 13.8 Å². The summed E-state index contributed by atoms with van der Waals surface area (Å²) in [5.74, 6) is 0.650. The topological polar surface area (TPSA) is 56.2 Å². The average Bonchev–Trinajstić information content (AvgIpc) is 3.13. The Balaban J connectivity index is 1.61. The molecule has 1 atom stereocenters. The number of nitrogens with one attached hydrogen (secondary N) is 1. The summed E-state index contributed by atoms with van der Waals surface area (Å²) in [7, 11) is 0. The normalized spacial score (nSPS) is 16.7. The molecule has 1 aliphatic heterocycles. The molecule has 0 fully saturated rings. The Kier molecular flexibility index (Phi) is 5.10. The van der Waals surface area contributed by atoms with Crippen molar-refractivity contribution in [2.75, 3.05) is 6.61 Å². The summed E-state index contributed by atoms with van der Waals surface area (Å²) in [6, 6.07) is 6.13. The summed E-state index contributed by atoms with van der Waals surface area (Å²) in [5, 5.41) is 8.70. The molecule has 3 aromatic rings. The molecule has 2 aromatic heterocycles. The first-order chi connectivity index (χ1) is 13.4. The summed E-state index contributed by atoms with van der Waals surface area (Å²) in [5.41, 5.74) is 1.63. The molecule has 1 amide bonds. The van der Waals surface area contributed by atoms with Crippen LogP contribution in [0.25, 0.3) is 10.2 Å². The maximum atomic E-state index is 13.8. The molecule has 5 nitrogen and oxygen atoms in total. The third-order valence-electron chi connectivity index (χ3n) is 4.92. The molecule has 0 aliphatic carbocycles. The van der Waals surface area contributed by atoms with Crippen LogP contribution in [-0.2, 0) is 6.54 Å². The Morgan fingerprint density at radius 2 is 2.25 bits per heavy atom. The minimum atomic E-state index is -0.324. The fourth-order valence-corrected chi connectivity index (χ4v) is 4.70. The first-order valence-corrected chi connectivity index (χ1v) is 10.4. The highest BCUT2D eigenvalue weighted by Crippen LogP contribution is 2.33. The number of thiophene rings is 1. The number of fused-ring (bicyclic) bond motifs is 2. The van der Waals surface area contributed by atoms with Crippen molar-refractivity contribution >= 4 is 27.5 Å². The highest BCUT2D eigenvalue weighted by molar-refractivity contribution is 7.20. The maximum absolute atomic E-state index is 13.8. The van der Waals surface area contributed by atoms with E-state index in [1.54, 1.807) is 6.07 Å². The largest absolute Gasteiger partial charge is 0.493 e. The van der Waals surface area contributed by atoms with Gasteiger partial charge in [-0.05, 0) is 49.9 Å². The van der Waals surface area contributed by atoms with Crippen molar-refractivity contribution in [1.29, 1.82) is 0 Å². The highest BCUT2D eigenvalue weighted by atomic mass is 32.1. The van der Waals surface area contributed by atoms with Crippen LogP contribution in [0.5, 0.6) is 5.75 Å². The lowest BCUT2D eigenvalue weighted by atomic mass is 10.0. The van der Waals surface area contributed by atoms with E-state index in [9.17, 15) is 9.18 Å². The molecule has 4 rings (SSSR count). The molecule has 0 unspecified atom stereocenters. The van der Waals surface area contributed by atoms with Crippen LogP contribution in [0, 0.1) is 18.7 Å². The van der Waals surface area contributed by atoms with Crippen LogP contribution in [0.4, 0.5) is 4.39 Å². The van der Waals surface area contributed by atoms with E-state index in [2.05, 4.69) is 24.3 Å². The smallest absolute Gasteiger partial charge is 0.261 e. The van der Waals surface area contributed by atoms with E-state index >= 15 is 0 Å². The van der Waals surface area contributed by atoms with E-state index < -0.39 is 0 Å². The van der Waals surface area contributed by atoms with E-state index in [-0.39, 0.29) is 17.8 Å². The van der Waals surface area contributed by atoms with Crippen LogP contribution in [-0.4, -0.2) is 22.3 Å². The maximum Gasteiger partial charge on any atom is 0.261 e. The summed E-state index contributed by atoms with van der Waals surface area (Å²) in [6.07, 6.45) is 1.52. The number of ether oxygens (including phenoxy) is 1. The molecular weight excluding hydrogens is 377 g/mol. The molecular formula is C21H24FN3O2S. The third kappa shape index (κ3) is 3.63. The van der Waals surface area contributed by atoms with Gasteiger partial charge < -0.3 is 10.1 Å². The van der Waals surface area contributed by atoms with Gasteiger partial charge >= 0.3 is 0 Å². The van der Waals surface area contributed by atoms with E-state index in [4.69, 9.17) is 4.74 Å². The number of rotatable bonds is 4. The number of halogens is 1. The van der Waals surface area contributed by atoms with Crippen molar-refractivity contribution in [3.05, 3.63) is 46.2 Å². The van der Waals surface area contributed by atoms with Gasteiger partial charge in [-0.25, -0.2) is 4.39 Å². The van der Waals surface area contributed by atoms with Crippen molar-refractivity contribution in [3.63, 3.8) is 0 Å². The minimum absolute atomic E-state index is 0.140. The van der Waals surface area contributed by atoms with Crippen LogP contribution >= 0.6 is 11.3 Å². The number of aromatic nitrogens is 2. The number of hydrogen-bond donors (Lipinski definition) is 1. The SMILES string of the molecule is Cc1nn(CC(C)C)c2sc(C(=O)N[C@H]3CCCOc4ccc(F)cc43)cc12. The zero-order chi connectivity index (χ0) is 19.8. The fourth-order valence-electron chi connectivity index (χ4n) is 3.62. The van der Waals surface area contributed by atoms with E-state index in [1.807, 2.05) is 17.7 Å². The Labute approximate surface area is 167 Å². The van der Waals surface area contributed by atoms with E-state index in [1.165, 1.54) is 23.5 Å². The second kappa shape index (κ2) is 7.54.